The summed E-state index contributed by atoms with van der Waals surface area (Å²) in [5.41, 5.74) is 0. The van der Waals surface area contributed by atoms with E-state index in [2.05, 4.69) is 15.2 Å². The van der Waals surface area contributed by atoms with E-state index in [-0.39, 0.29) is 11.7 Å². The van der Waals surface area contributed by atoms with Gasteiger partial charge in [-0.15, -0.1) is 5.10 Å². The number of hydrogen-bond donors (Lipinski definition) is 1. The number of hydrogen-bond acceptors (Lipinski definition) is 4. The Labute approximate surface area is 87.9 Å². The van der Waals surface area contributed by atoms with Crippen molar-refractivity contribution in [3.05, 3.63) is 11.6 Å². The largest absolute Gasteiger partial charge is 0.335 e. The molecule has 0 atom stereocenters. The first-order chi connectivity index (χ1) is 7.19. The number of aromatic nitrogens is 3. The Morgan fingerprint density at radius 1 is 1.67 bits per heavy atom. The first-order valence-corrected chi connectivity index (χ1v) is 4.74. The zero-order valence-corrected chi connectivity index (χ0v) is 8.82. The van der Waals surface area contributed by atoms with Crippen LogP contribution in [-0.4, -0.2) is 39.1 Å². The van der Waals surface area contributed by atoms with Crippen LogP contribution in [0.2, 0.25) is 0 Å². The lowest BCUT2D eigenvalue weighted by Gasteiger charge is -2.16. The summed E-state index contributed by atoms with van der Waals surface area (Å²) in [6.45, 7) is 4.55. The molecule has 0 radical (unpaired) electrons. The molecule has 1 aromatic rings. The van der Waals surface area contributed by atoms with Gasteiger partial charge in [-0.1, -0.05) is 0 Å². The highest BCUT2D eigenvalue weighted by Gasteiger charge is 2.17. The quantitative estimate of drug-likeness (QED) is 0.778. The molecule has 0 bridgehead atoms. The SMILES string of the molecule is CCN(CCC#N)C(=O)c1n[nH]c(C)n1. The predicted molar refractivity (Wildman–Crippen MR) is 52.9 cm³/mol. The monoisotopic (exact) mass is 207 g/mol. The third kappa shape index (κ3) is 2.77. The van der Waals surface area contributed by atoms with Gasteiger partial charge in [-0.3, -0.25) is 9.89 Å². The topological polar surface area (TPSA) is 85.7 Å². The van der Waals surface area contributed by atoms with Crippen molar-refractivity contribution in [2.24, 2.45) is 0 Å². The molecule has 15 heavy (non-hydrogen) atoms. The molecular weight excluding hydrogens is 194 g/mol. The van der Waals surface area contributed by atoms with Crippen molar-refractivity contribution in [3.63, 3.8) is 0 Å². The molecule has 0 aromatic carbocycles. The van der Waals surface area contributed by atoms with Crippen molar-refractivity contribution in [1.82, 2.24) is 20.1 Å². The lowest BCUT2D eigenvalue weighted by Crippen LogP contribution is -2.32. The van der Waals surface area contributed by atoms with E-state index in [9.17, 15) is 4.79 Å². The molecule has 6 nitrogen and oxygen atoms in total. The second-order valence-corrected chi connectivity index (χ2v) is 3.04. The zero-order valence-electron chi connectivity index (χ0n) is 8.82. The molecule has 0 aliphatic rings. The van der Waals surface area contributed by atoms with Crippen molar-refractivity contribution in [2.75, 3.05) is 13.1 Å². The van der Waals surface area contributed by atoms with Crippen LogP contribution >= 0.6 is 0 Å². The molecule has 6 heteroatoms. The van der Waals surface area contributed by atoms with Crippen LogP contribution in [0.15, 0.2) is 0 Å². The van der Waals surface area contributed by atoms with Crippen LogP contribution in [0.4, 0.5) is 0 Å². The molecule has 1 rings (SSSR count). The van der Waals surface area contributed by atoms with Gasteiger partial charge >= 0.3 is 0 Å². The lowest BCUT2D eigenvalue weighted by molar-refractivity contribution is 0.0756. The number of aryl methyl sites for hydroxylation is 1. The summed E-state index contributed by atoms with van der Waals surface area (Å²) < 4.78 is 0. The van der Waals surface area contributed by atoms with Crippen LogP contribution < -0.4 is 0 Å². The number of amides is 1. The standard InChI is InChI=1S/C9H13N5O/c1-3-14(6-4-5-10)9(15)8-11-7(2)12-13-8/h3-4,6H2,1-2H3,(H,11,12,13). The minimum Gasteiger partial charge on any atom is -0.335 e. The Morgan fingerprint density at radius 2 is 2.40 bits per heavy atom. The number of nitriles is 1. The van der Waals surface area contributed by atoms with Gasteiger partial charge in [-0.2, -0.15) is 5.26 Å². The molecule has 0 aliphatic carbocycles. The van der Waals surface area contributed by atoms with Crippen molar-refractivity contribution in [1.29, 1.82) is 5.26 Å². The van der Waals surface area contributed by atoms with Gasteiger partial charge in [-0.05, 0) is 13.8 Å². The summed E-state index contributed by atoms with van der Waals surface area (Å²) in [6, 6.07) is 2.00. The minimum absolute atomic E-state index is 0.160. The molecule has 1 aromatic heterocycles. The number of carbonyl (C=O) groups is 1. The second kappa shape index (κ2) is 5.10. The fraction of sp³-hybridized carbons (Fsp3) is 0.556. The third-order valence-corrected chi connectivity index (χ3v) is 1.95. The Morgan fingerprint density at radius 3 is 2.87 bits per heavy atom. The van der Waals surface area contributed by atoms with Gasteiger partial charge in [0.25, 0.3) is 5.91 Å². The number of H-pyrrole nitrogens is 1. The number of aromatic amines is 1. The van der Waals surface area contributed by atoms with Gasteiger partial charge in [-0.25, -0.2) is 4.98 Å². The third-order valence-electron chi connectivity index (χ3n) is 1.95. The lowest BCUT2D eigenvalue weighted by atomic mass is 10.3. The molecule has 1 amide bonds. The first kappa shape index (κ1) is 11.2. The van der Waals surface area contributed by atoms with Crippen molar-refractivity contribution >= 4 is 5.91 Å². The second-order valence-electron chi connectivity index (χ2n) is 3.04. The van der Waals surface area contributed by atoms with Gasteiger partial charge in [0.1, 0.15) is 5.82 Å². The maximum Gasteiger partial charge on any atom is 0.293 e. The van der Waals surface area contributed by atoms with E-state index in [0.717, 1.165) is 0 Å². The molecule has 0 saturated carbocycles. The Balaban J connectivity index is 2.69. The number of nitrogens with zero attached hydrogens (tertiary/aromatic N) is 4. The van der Waals surface area contributed by atoms with Crippen LogP contribution in [0, 0.1) is 18.3 Å². The molecule has 1 N–H and O–H groups in total. The van der Waals surface area contributed by atoms with E-state index < -0.39 is 0 Å². The maximum absolute atomic E-state index is 11.8. The average Bonchev–Trinajstić information content (AvgIpc) is 2.65. The smallest absolute Gasteiger partial charge is 0.293 e. The molecule has 0 saturated heterocycles. The van der Waals surface area contributed by atoms with Crippen molar-refractivity contribution in [3.8, 4) is 6.07 Å². The van der Waals surface area contributed by atoms with E-state index >= 15 is 0 Å². The van der Waals surface area contributed by atoms with E-state index in [4.69, 9.17) is 5.26 Å². The molecule has 0 aliphatic heterocycles. The van der Waals surface area contributed by atoms with Gasteiger partial charge < -0.3 is 4.90 Å². The highest BCUT2D eigenvalue weighted by atomic mass is 16.2. The van der Waals surface area contributed by atoms with Gasteiger partial charge in [0.2, 0.25) is 5.82 Å². The highest BCUT2D eigenvalue weighted by molar-refractivity contribution is 5.90. The van der Waals surface area contributed by atoms with Crippen LogP contribution in [0.5, 0.6) is 0 Å². The molecule has 0 spiro atoms. The van der Waals surface area contributed by atoms with Gasteiger partial charge in [0.05, 0.1) is 12.5 Å². The molecule has 0 unspecified atom stereocenters. The van der Waals surface area contributed by atoms with Crippen LogP contribution in [0.3, 0.4) is 0 Å². The van der Waals surface area contributed by atoms with Crippen molar-refractivity contribution in [2.45, 2.75) is 20.3 Å². The van der Waals surface area contributed by atoms with Crippen molar-refractivity contribution < 1.29 is 4.79 Å². The van der Waals surface area contributed by atoms with Gasteiger partial charge in [0.15, 0.2) is 0 Å². The Hall–Kier alpha value is -1.90. The van der Waals surface area contributed by atoms with E-state index in [1.54, 1.807) is 11.8 Å². The molecular formula is C9H13N5O. The molecule has 1 heterocycles. The first-order valence-electron chi connectivity index (χ1n) is 4.74. The number of carbonyl (C=O) groups excluding carboxylic acids is 1. The number of nitrogens with one attached hydrogen (secondary N) is 1. The molecule has 0 fully saturated rings. The highest BCUT2D eigenvalue weighted by Crippen LogP contribution is 2.00. The van der Waals surface area contributed by atoms with Crippen LogP contribution in [0.1, 0.15) is 29.8 Å². The fourth-order valence-electron chi connectivity index (χ4n) is 1.17. The average molecular weight is 207 g/mol. The van der Waals surface area contributed by atoms with Crippen LogP contribution in [-0.2, 0) is 0 Å². The molecule has 80 valence electrons. The van der Waals surface area contributed by atoms with Crippen LogP contribution in [0.25, 0.3) is 0 Å². The summed E-state index contributed by atoms with van der Waals surface area (Å²) in [4.78, 5) is 17.3. The Kier molecular flexibility index (Phi) is 3.80. The zero-order chi connectivity index (χ0) is 11.3. The van der Waals surface area contributed by atoms with E-state index in [1.807, 2.05) is 13.0 Å². The van der Waals surface area contributed by atoms with Gasteiger partial charge in [0, 0.05) is 13.1 Å². The normalized spacial score (nSPS) is 9.67. The fourth-order valence-corrected chi connectivity index (χ4v) is 1.17. The summed E-state index contributed by atoms with van der Waals surface area (Å²) >= 11 is 0. The summed E-state index contributed by atoms with van der Waals surface area (Å²) in [5, 5.41) is 14.8. The predicted octanol–water partition coefficient (Wildman–Crippen LogP) is 0.489. The Bertz CT molecular complexity index is 378. The number of rotatable bonds is 4. The summed E-state index contributed by atoms with van der Waals surface area (Å²) in [7, 11) is 0. The maximum atomic E-state index is 11.8. The minimum atomic E-state index is -0.239. The summed E-state index contributed by atoms with van der Waals surface area (Å²) in [6.07, 6.45) is 0.322. The van der Waals surface area contributed by atoms with E-state index in [0.29, 0.717) is 25.3 Å². The van der Waals surface area contributed by atoms with E-state index in [1.165, 1.54) is 0 Å². The summed E-state index contributed by atoms with van der Waals surface area (Å²) in [5.74, 6) is 0.527.